The number of benzene rings is 2. The summed E-state index contributed by atoms with van der Waals surface area (Å²) in [6, 6.07) is 10.7. The lowest BCUT2D eigenvalue weighted by Gasteiger charge is -2.09. The van der Waals surface area contributed by atoms with E-state index in [0.717, 1.165) is 0 Å². The molecule has 0 aliphatic carbocycles. The molecule has 1 aliphatic heterocycles. The highest BCUT2D eigenvalue weighted by atomic mass is 35.5. The van der Waals surface area contributed by atoms with Crippen molar-refractivity contribution in [3.63, 3.8) is 0 Å². The third-order valence-electron chi connectivity index (χ3n) is 3.56. The van der Waals surface area contributed by atoms with E-state index in [1.807, 2.05) is 0 Å². The molecule has 0 bridgehead atoms. The van der Waals surface area contributed by atoms with Crippen molar-refractivity contribution in [3.8, 4) is 5.75 Å². The van der Waals surface area contributed by atoms with Crippen LogP contribution in [0.15, 0.2) is 48.2 Å². The maximum absolute atomic E-state index is 11.5. The van der Waals surface area contributed by atoms with Gasteiger partial charge in [0.2, 0.25) is 0 Å². The Balaban J connectivity index is 1.71. The topological polar surface area (TPSA) is 105 Å². The van der Waals surface area contributed by atoms with Crippen molar-refractivity contribution in [2.45, 2.75) is 6.61 Å². The summed E-state index contributed by atoms with van der Waals surface area (Å²) in [7, 11) is 0. The number of carboxylic acids is 1. The highest BCUT2D eigenvalue weighted by Gasteiger charge is 2.22. The lowest BCUT2D eigenvalue weighted by Crippen LogP contribution is -2.22. The van der Waals surface area contributed by atoms with E-state index in [2.05, 4.69) is 10.6 Å². The number of halogens is 1. The summed E-state index contributed by atoms with van der Waals surface area (Å²) in [4.78, 5) is 33.6. The molecule has 1 heterocycles. The molecule has 0 spiro atoms. The Morgan fingerprint density at radius 3 is 2.62 bits per heavy atom. The molecule has 1 saturated heterocycles. The van der Waals surface area contributed by atoms with Crippen molar-refractivity contribution in [1.82, 2.24) is 10.6 Å². The molecule has 2 aromatic rings. The maximum atomic E-state index is 11.5. The van der Waals surface area contributed by atoms with Gasteiger partial charge in [0.05, 0.1) is 10.6 Å². The normalized spacial score (nSPS) is 14.9. The van der Waals surface area contributed by atoms with Gasteiger partial charge in [-0.25, -0.2) is 9.59 Å². The van der Waals surface area contributed by atoms with Crippen molar-refractivity contribution in [2.75, 3.05) is 0 Å². The lowest BCUT2D eigenvalue weighted by atomic mass is 10.1. The molecule has 7 nitrogen and oxygen atoms in total. The molecule has 3 amide bonds. The molecular formula is C18H13ClN2O5. The molecule has 3 N–H and O–H groups in total. The third kappa shape index (κ3) is 4.01. The minimum absolute atomic E-state index is 0.130. The van der Waals surface area contributed by atoms with Crippen LogP contribution in [0.2, 0.25) is 5.02 Å². The summed E-state index contributed by atoms with van der Waals surface area (Å²) in [5.74, 6) is -1.11. The standard InChI is InChI=1S/C18H13ClN2O5/c19-13-7-10(8-14-16(22)21-18(25)20-14)4-5-15(13)26-9-11-2-1-3-12(6-11)17(23)24/h1-8H,9H2,(H,23,24)(H2,20,21,22,25)/b14-8+. The Labute approximate surface area is 153 Å². The van der Waals surface area contributed by atoms with Gasteiger partial charge in [-0.15, -0.1) is 0 Å². The molecule has 1 aliphatic rings. The van der Waals surface area contributed by atoms with Crippen LogP contribution in [-0.4, -0.2) is 23.0 Å². The van der Waals surface area contributed by atoms with E-state index in [4.69, 9.17) is 21.4 Å². The Hall–Kier alpha value is -3.32. The van der Waals surface area contributed by atoms with E-state index >= 15 is 0 Å². The second-order valence-corrected chi connectivity index (χ2v) is 5.86. The monoisotopic (exact) mass is 372 g/mol. The maximum Gasteiger partial charge on any atom is 0.335 e. The Bertz CT molecular complexity index is 939. The Kier molecular flexibility index (Phi) is 4.90. The molecule has 0 atom stereocenters. The van der Waals surface area contributed by atoms with Crippen LogP contribution < -0.4 is 15.4 Å². The first kappa shape index (κ1) is 17.5. The van der Waals surface area contributed by atoms with Crippen LogP contribution in [-0.2, 0) is 11.4 Å². The van der Waals surface area contributed by atoms with E-state index in [-0.39, 0.29) is 17.9 Å². The number of nitrogens with one attached hydrogen (secondary N) is 2. The molecule has 0 aromatic heterocycles. The van der Waals surface area contributed by atoms with Gasteiger partial charge in [-0.2, -0.15) is 0 Å². The zero-order valence-electron chi connectivity index (χ0n) is 13.3. The summed E-state index contributed by atoms with van der Waals surface area (Å²) in [5.41, 5.74) is 1.61. The Morgan fingerprint density at radius 2 is 1.96 bits per heavy atom. The second-order valence-electron chi connectivity index (χ2n) is 5.45. The first-order chi connectivity index (χ1) is 12.4. The predicted molar refractivity (Wildman–Crippen MR) is 93.8 cm³/mol. The average Bonchev–Trinajstić information content (AvgIpc) is 2.91. The fourth-order valence-corrected chi connectivity index (χ4v) is 2.57. The zero-order chi connectivity index (χ0) is 18.7. The summed E-state index contributed by atoms with van der Waals surface area (Å²) < 4.78 is 5.63. The highest BCUT2D eigenvalue weighted by molar-refractivity contribution is 6.32. The van der Waals surface area contributed by atoms with E-state index in [9.17, 15) is 14.4 Å². The number of carbonyl (C=O) groups is 3. The number of hydrogen-bond acceptors (Lipinski definition) is 4. The molecule has 26 heavy (non-hydrogen) atoms. The van der Waals surface area contributed by atoms with Gasteiger partial charge in [0.1, 0.15) is 18.1 Å². The van der Waals surface area contributed by atoms with Crippen molar-refractivity contribution in [1.29, 1.82) is 0 Å². The molecule has 0 saturated carbocycles. The van der Waals surface area contributed by atoms with Crippen LogP contribution in [0.5, 0.6) is 5.75 Å². The van der Waals surface area contributed by atoms with Gasteiger partial charge in [-0.05, 0) is 41.5 Å². The van der Waals surface area contributed by atoms with Gasteiger partial charge in [0.15, 0.2) is 0 Å². The first-order valence-electron chi connectivity index (χ1n) is 7.51. The smallest absolute Gasteiger partial charge is 0.335 e. The van der Waals surface area contributed by atoms with Gasteiger partial charge in [0.25, 0.3) is 5.91 Å². The van der Waals surface area contributed by atoms with Gasteiger partial charge in [-0.1, -0.05) is 29.8 Å². The number of aromatic carboxylic acids is 1. The number of hydrogen-bond donors (Lipinski definition) is 3. The molecule has 132 valence electrons. The molecule has 1 fully saturated rings. The summed E-state index contributed by atoms with van der Waals surface area (Å²) in [6.07, 6.45) is 1.49. The van der Waals surface area contributed by atoms with Gasteiger partial charge >= 0.3 is 12.0 Å². The SMILES string of the molecule is O=C1NC(=O)/C(=C\c2ccc(OCc3cccc(C(=O)O)c3)c(Cl)c2)N1. The molecule has 0 unspecified atom stereocenters. The van der Waals surface area contributed by atoms with E-state index in [1.165, 1.54) is 18.2 Å². The van der Waals surface area contributed by atoms with Crippen LogP contribution in [0.3, 0.4) is 0 Å². The number of carboxylic acid groups (broad SMARTS) is 1. The minimum Gasteiger partial charge on any atom is -0.487 e. The molecule has 3 rings (SSSR count). The van der Waals surface area contributed by atoms with E-state index in [0.29, 0.717) is 21.9 Å². The summed E-state index contributed by atoms with van der Waals surface area (Å²) in [5, 5.41) is 13.8. The largest absolute Gasteiger partial charge is 0.487 e. The quantitative estimate of drug-likeness (QED) is 0.553. The summed E-state index contributed by atoms with van der Waals surface area (Å²) >= 11 is 6.19. The van der Waals surface area contributed by atoms with Crippen LogP contribution in [0, 0.1) is 0 Å². The second kappa shape index (κ2) is 7.28. The fourth-order valence-electron chi connectivity index (χ4n) is 2.33. The Morgan fingerprint density at radius 1 is 1.15 bits per heavy atom. The lowest BCUT2D eigenvalue weighted by molar-refractivity contribution is -0.115. The summed E-state index contributed by atoms with van der Waals surface area (Å²) in [6.45, 7) is 0.153. The zero-order valence-corrected chi connectivity index (χ0v) is 14.0. The third-order valence-corrected chi connectivity index (χ3v) is 3.85. The van der Waals surface area contributed by atoms with E-state index < -0.39 is 17.9 Å². The van der Waals surface area contributed by atoms with Crippen molar-refractivity contribution in [3.05, 3.63) is 69.9 Å². The number of urea groups is 1. The van der Waals surface area contributed by atoms with Crippen LogP contribution in [0.4, 0.5) is 4.79 Å². The van der Waals surface area contributed by atoms with Crippen LogP contribution >= 0.6 is 11.6 Å². The van der Waals surface area contributed by atoms with Crippen molar-refractivity contribution >= 4 is 35.6 Å². The van der Waals surface area contributed by atoms with Gasteiger partial charge < -0.3 is 15.2 Å². The van der Waals surface area contributed by atoms with Crippen molar-refractivity contribution < 1.29 is 24.2 Å². The molecule has 8 heteroatoms. The number of ether oxygens (including phenoxy) is 1. The van der Waals surface area contributed by atoms with Crippen LogP contribution in [0.1, 0.15) is 21.5 Å². The minimum atomic E-state index is -1.01. The number of amides is 3. The van der Waals surface area contributed by atoms with Gasteiger partial charge in [0, 0.05) is 0 Å². The average molecular weight is 373 g/mol. The van der Waals surface area contributed by atoms with Gasteiger partial charge in [-0.3, -0.25) is 10.1 Å². The number of rotatable bonds is 5. The molecular weight excluding hydrogens is 360 g/mol. The highest BCUT2D eigenvalue weighted by Crippen LogP contribution is 2.27. The fraction of sp³-hybridized carbons (Fsp3) is 0.0556. The van der Waals surface area contributed by atoms with Crippen molar-refractivity contribution in [2.24, 2.45) is 0 Å². The molecule has 0 radical (unpaired) electrons. The number of carbonyl (C=O) groups excluding carboxylic acids is 2. The van der Waals surface area contributed by atoms with E-state index in [1.54, 1.807) is 30.3 Å². The van der Waals surface area contributed by atoms with Crippen LogP contribution in [0.25, 0.3) is 6.08 Å². The first-order valence-corrected chi connectivity index (χ1v) is 7.89. The predicted octanol–water partition coefficient (Wildman–Crippen LogP) is 2.80. The number of imide groups is 1. The molecule has 2 aromatic carbocycles.